The number of imide groups is 1. The maximum atomic E-state index is 13.5. The summed E-state index contributed by atoms with van der Waals surface area (Å²) in [6.45, 7) is 7.51. The molecule has 0 bridgehead atoms. The number of amides is 4. The number of nitrogens with one attached hydrogen (secondary N) is 3. The Labute approximate surface area is 350 Å². The van der Waals surface area contributed by atoms with Crippen molar-refractivity contribution in [3.8, 4) is 0 Å². The van der Waals surface area contributed by atoms with Gasteiger partial charge in [0.1, 0.15) is 17.4 Å². The molecular formula is C44H50F3N7O5S. The highest BCUT2D eigenvalue weighted by Gasteiger charge is 2.40. The highest BCUT2D eigenvalue weighted by atomic mass is 32.1. The molecule has 1 unspecified atom stereocenters. The zero-order valence-electron chi connectivity index (χ0n) is 33.7. The average molecular weight is 846 g/mol. The molecule has 2 saturated heterocycles. The van der Waals surface area contributed by atoms with Gasteiger partial charge in [0.25, 0.3) is 11.8 Å². The Morgan fingerprint density at radius 3 is 2.40 bits per heavy atom. The number of likely N-dealkylation sites (tertiary alicyclic amines) is 1. The lowest BCUT2D eigenvalue weighted by Crippen LogP contribution is -2.52. The Hall–Kier alpha value is -4.93. The smallest absolute Gasteiger partial charge is 0.386 e. The molecule has 4 aromatic rings. The largest absolute Gasteiger partial charge is 0.433 e. The molecule has 1 atom stereocenters. The number of nitrogens with zero attached hydrogens (tertiary/aromatic N) is 4. The van der Waals surface area contributed by atoms with Gasteiger partial charge in [-0.1, -0.05) is 18.2 Å². The number of aromatic nitrogens is 2. The number of fused-ring (bicyclic) bond motifs is 2. The van der Waals surface area contributed by atoms with E-state index < -0.39 is 35.3 Å². The van der Waals surface area contributed by atoms with E-state index >= 15 is 0 Å². The summed E-state index contributed by atoms with van der Waals surface area (Å²) in [7, 11) is 0. The minimum Gasteiger partial charge on any atom is -0.386 e. The third kappa shape index (κ3) is 9.05. The van der Waals surface area contributed by atoms with E-state index in [4.69, 9.17) is 4.98 Å². The third-order valence-electron chi connectivity index (χ3n) is 12.6. The zero-order chi connectivity index (χ0) is 42.3. The lowest BCUT2D eigenvalue weighted by atomic mass is 9.81. The van der Waals surface area contributed by atoms with Crippen LogP contribution in [0.4, 0.5) is 24.5 Å². The SMILES string of the molecule is CC(C)(O)c1cc2nc([C@H]3CC[C@@H](CN4CCC(CCNc5cccc6c5C(=O)N(C5CCC(=O)NC5=O)C6)CC4)CC3)sc2cc1NC(=O)c1cccc(C(F)(F)F)n1. The van der Waals surface area contributed by atoms with Crippen molar-refractivity contribution in [2.45, 2.75) is 102 Å². The number of carbonyl (C=O) groups excluding carboxylic acids is 4. The van der Waals surface area contributed by atoms with Crippen molar-refractivity contribution >= 4 is 56.6 Å². The zero-order valence-corrected chi connectivity index (χ0v) is 34.6. The maximum absolute atomic E-state index is 13.5. The summed E-state index contributed by atoms with van der Waals surface area (Å²) in [6.07, 6.45) is 3.40. The van der Waals surface area contributed by atoms with E-state index in [2.05, 4.69) is 25.8 Å². The van der Waals surface area contributed by atoms with Gasteiger partial charge < -0.3 is 25.5 Å². The van der Waals surface area contributed by atoms with Crippen LogP contribution in [0, 0.1) is 11.8 Å². The fraction of sp³-hybridized carbons (Fsp3) is 0.500. The number of piperidine rings is 2. The molecule has 60 heavy (non-hydrogen) atoms. The Kier molecular flexibility index (Phi) is 11.7. The number of alkyl halides is 3. The van der Waals surface area contributed by atoms with Crippen LogP contribution in [0.15, 0.2) is 48.5 Å². The predicted octanol–water partition coefficient (Wildman–Crippen LogP) is 7.44. The molecule has 2 aromatic carbocycles. The van der Waals surface area contributed by atoms with Gasteiger partial charge in [0.15, 0.2) is 0 Å². The van der Waals surface area contributed by atoms with Crippen molar-refractivity contribution in [1.82, 2.24) is 25.1 Å². The number of hydrogen-bond acceptors (Lipinski definition) is 10. The molecule has 0 spiro atoms. The van der Waals surface area contributed by atoms with Crippen LogP contribution < -0.4 is 16.0 Å². The monoisotopic (exact) mass is 845 g/mol. The number of pyridine rings is 1. The molecule has 3 aliphatic heterocycles. The molecule has 2 aromatic heterocycles. The van der Waals surface area contributed by atoms with Crippen LogP contribution in [0.5, 0.6) is 0 Å². The summed E-state index contributed by atoms with van der Waals surface area (Å²) < 4.78 is 40.6. The predicted molar refractivity (Wildman–Crippen MR) is 222 cm³/mol. The molecule has 4 amide bonds. The first-order valence-electron chi connectivity index (χ1n) is 20.9. The number of benzene rings is 2. The number of carbonyl (C=O) groups is 4. The Morgan fingerprint density at radius 2 is 1.68 bits per heavy atom. The van der Waals surface area contributed by atoms with Crippen LogP contribution in [0.25, 0.3) is 10.2 Å². The van der Waals surface area contributed by atoms with Crippen molar-refractivity contribution in [2.75, 3.05) is 36.8 Å². The van der Waals surface area contributed by atoms with E-state index in [-0.39, 0.29) is 23.9 Å². The van der Waals surface area contributed by atoms with Gasteiger partial charge in [-0.2, -0.15) is 13.2 Å². The second-order valence-electron chi connectivity index (χ2n) is 17.3. The van der Waals surface area contributed by atoms with E-state index in [0.29, 0.717) is 53.1 Å². The quantitative estimate of drug-likeness (QED) is 0.113. The van der Waals surface area contributed by atoms with Gasteiger partial charge in [-0.25, -0.2) is 9.97 Å². The first-order valence-corrected chi connectivity index (χ1v) is 21.7. The fourth-order valence-electron chi connectivity index (χ4n) is 9.27. The van der Waals surface area contributed by atoms with Gasteiger partial charge >= 0.3 is 6.18 Å². The maximum Gasteiger partial charge on any atom is 0.433 e. The third-order valence-corrected chi connectivity index (χ3v) is 13.7. The standard InChI is InChI=1S/C44H50F3N7O5S/c1-43(2,59)29-21-33-35(22-32(29)50-39(56)31-7-4-8-36(49-31)44(45,46)47)60-41(51-33)27-11-9-26(10-12-27)23-53-19-16-25(17-20-53)15-18-48-30-6-3-5-28-24-54(42(58)38(28)30)34-13-14-37(55)52-40(34)57/h3-8,21-22,25-27,34,48,59H,9-20,23-24H2,1-2H3,(H,50,56)(H,52,55,57)/t26-,27+,34?. The number of aliphatic hydroxyl groups is 1. The molecule has 16 heteroatoms. The summed E-state index contributed by atoms with van der Waals surface area (Å²) in [5, 5.41) is 20.6. The second kappa shape index (κ2) is 16.8. The average Bonchev–Trinajstić information content (AvgIpc) is 3.78. The van der Waals surface area contributed by atoms with Gasteiger partial charge in [-0.15, -0.1) is 11.3 Å². The first-order chi connectivity index (χ1) is 28.6. The van der Waals surface area contributed by atoms with Crippen molar-refractivity contribution in [3.63, 3.8) is 0 Å². The Balaban J connectivity index is 0.806. The van der Waals surface area contributed by atoms with Crippen LogP contribution >= 0.6 is 11.3 Å². The molecule has 0 radical (unpaired) electrons. The number of halogens is 3. The van der Waals surface area contributed by atoms with Crippen molar-refractivity contribution in [2.24, 2.45) is 11.8 Å². The molecule has 318 valence electrons. The van der Waals surface area contributed by atoms with Crippen LogP contribution in [0.2, 0.25) is 0 Å². The molecule has 12 nitrogen and oxygen atoms in total. The molecule has 3 fully saturated rings. The van der Waals surface area contributed by atoms with E-state index in [0.717, 1.165) is 104 Å². The molecule has 1 aliphatic carbocycles. The second-order valence-corrected chi connectivity index (χ2v) is 18.3. The van der Waals surface area contributed by atoms with Crippen LogP contribution in [-0.4, -0.2) is 80.7 Å². The molecular weight excluding hydrogens is 796 g/mol. The van der Waals surface area contributed by atoms with E-state index in [1.54, 1.807) is 42.2 Å². The lowest BCUT2D eigenvalue weighted by molar-refractivity contribution is -0.141. The normalized spacial score (nSPS) is 21.9. The minimum absolute atomic E-state index is 0.165. The number of rotatable bonds is 11. The molecule has 1 saturated carbocycles. The van der Waals surface area contributed by atoms with Crippen LogP contribution in [0.3, 0.4) is 0 Å². The van der Waals surface area contributed by atoms with Gasteiger partial charge in [-0.05, 0) is 126 Å². The van der Waals surface area contributed by atoms with E-state index in [1.165, 1.54) is 6.07 Å². The summed E-state index contributed by atoms with van der Waals surface area (Å²) in [5.74, 6) is -0.159. The minimum atomic E-state index is -4.69. The highest BCUT2D eigenvalue weighted by molar-refractivity contribution is 7.18. The van der Waals surface area contributed by atoms with Crippen molar-refractivity contribution < 1.29 is 37.5 Å². The van der Waals surface area contributed by atoms with E-state index in [1.807, 2.05) is 18.2 Å². The fourth-order valence-corrected chi connectivity index (χ4v) is 10.4. The van der Waals surface area contributed by atoms with Crippen molar-refractivity contribution in [3.05, 3.63) is 81.6 Å². The molecule has 4 aliphatic rings. The summed E-state index contributed by atoms with van der Waals surface area (Å²) >= 11 is 1.55. The van der Waals surface area contributed by atoms with Crippen LogP contribution in [-0.2, 0) is 27.9 Å². The molecule has 8 rings (SSSR count). The topological polar surface area (TPSA) is 157 Å². The highest BCUT2D eigenvalue weighted by Crippen LogP contribution is 2.42. The number of hydrogen-bond donors (Lipinski definition) is 4. The Morgan fingerprint density at radius 1 is 0.933 bits per heavy atom. The first kappa shape index (κ1) is 41.8. The molecule has 5 heterocycles. The van der Waals surface area contributed by atoms with Crippen LogP contribution in [0.1, 0.15) is 120 Å². The Bertz CT molecular complexity index is 2290. The van der Waals surface area contributed by atoms with Gasteiger partial charge in [-0.3, -0.25) is 24.5 Å². The summed E-state index contributed by atoms with van der Waals surface area (Å²) in [6, 6.07) is 11.8. The number of anilines is 2. The van der Waals surface area contributed by atoms with Gasteiger partial charge in [0, 0.05) is 48.9 Å². The lowest BCUT2D eigenvalue weighted by Gasteiger charge is -2.36. The molecule has 4 N–H and O–H groups in total. The van der Waals surface area contributed by atoms with E-state index in [9.17, 15) is 37.5 Å². The van der Waals surface area contributed by atoms with Crippen molar-refractivity contribution in [1.29, 1.82) is 0 Å². The summed E-state index contributed by atoms with van der Waals surface area (Å²) in [4.78, 5) is 63.3. The summed E-state index contributed by atoms with van der Waals surface area (Å²) in [5.41, 5.74) is 0.851. The number of thiazole rings is 1. The van der Waals surface area contributed by atoms with Gasteiger partial charge in [0.2, 0.25) is 11.8 Å². The van der Waals surface area contributed by atoms with Gasteiger partial charge in [0.05, 0.1) is 26.4 Å².